The average Bonchev–Trinajstić information content (AvgIpc) is 3.03. The van der Waals surface area contributed by atoms with Crippen LogP contribution in [0.4, 0.5) is 13.2 Å². The van der Waals surface area contributed by atoms with E-state index < -0.39 is 11.7 Å². The molecule has 132 valence electrons. The van der Waals surface area contributed by atoms with Gasteiger partial charge in [0, 0.05) is 18.7 Å². The summed E-state index contributed by atoms with van der Waals surface area (Å²) in [5, 5.41) is 19.9. The number of nitriles is 1. The maximum Gasteiger partial charge on any atom is 0.416 e. The van der Waals surface area contributed by atoms with Crippen molar-refractivity contribution >= 4 is 5.91 Å². The maximum atomic E-state index is 12.8. The van der Waals surface area contributed by atoms with Crippen LogP contribution in [0.3, 0.4) is 0 Å². The van der Waals surface area contributed by atoms with Gasteiger partial charge in [0.25, 0.3) is 0 Å². The van der Waals surface area contributed by atoms with Gasteiger partial charge < -0.3 is 4.90 Å². The fourth-order valence-corrected chi connectivity index (χ4v) is 2.13. The lowest BCUT2D eigenvalue weighted by atomic mass is 10.1. The van der Waals surface area contributed by atoms with Gasteiger partial charge in [0.15, 0.2) is 0 Å². The molecule has 0 unspecified atom stereocenters. The first-order valence-corrected chi connectivity index (χ1v) is 7.45. The van der Waals surface area contributed by atoms with Crippen LogP contribution in [0.15, 0.2) is 24.3 Å². The Kier molecular flexibility index (Phi) is 5.69. The summed E-state index contributed by atoms with van der Waals surface area (Å²) in [6, 6.07) is 6.52. The molecule has 0 N–H and O–H groups in total. The number of rotatable bonds is 6. The van der Waals surface area contributed by atoms with Gasteiger partial charge >= 0.3 is 6.18 Å². The number of benzene rings is 1. The molecule has 0 aliphatic rings. The Morgan fingerprint density at radius 1 is 1.40 bits per heavy atom. The molecular weight excluding hydrogens is 337 g/mol. The van der Waals surface area contributed by atoms with E-state index in [2.05, 4.69) is 15.4 Å². The molecule has 2 aromatic rings. The lowest BCUT2D eigenvalue weighted by molar-refractivity contribution is -0.137. The van der Waals surface area contributed by atoms with Crippen molar-refractivity contribution in [2.45, 2.75) is 26.1 Å². The standard InChI is InChI=1S/C15H15F3N6O/c1-2-23(8-4-7-19)13(25)10-24-21-14(20-22-24)11-5-3-6-12(9-11)15(16,17)18/h3,5-6,9H,2,4,8,10H2,1H3. The van der Waals surface area contributed by atoms with Crippen molar-refractivity contribution in [2.24, 2.45) is 0 Å². The van der Waals surface area contributed by atoms with Crippen LogP contribution in [0, 0.1) is 11.3 Å². The minimum absolute atomic E-state index is 0.000951. The lowest BCUT2D eigenvalue weighted by Crippen LogP contribution is -2.35. The highest BCUT2D eigenvalue weighted by Crippen LogP contribution is 2.31. The SMILES string of the molecule is CCN(CCC#N)C(=O)Cn1nnc(-c2cccc(C(F)(F)F)c2)n1. The zero-order chi connectivity index (χ0) is 18.4. The van der Waals surface area contributed by atoms with Gasteiger partial charge in [-0.15, -0.1) is 10.2 Å². The number of tetrazole rings is 1. The van der Waals surface area contributed by atoms with Crippen molar-refractivity contribution in [3.8, 4) is 17.5 Å². The number of carbonyl (C=O) groups excluding carboxylic acids is 1. The largest absolute Gasteiger partial charge is 0.416 e. The summed E-state index contributed by atoms with van der Waals surface area (Å²) in [6.07, 6.45) is -4.26. The second-order valence-corrected chi connectivity index (χ2v) is 5.10. The smallest absolute Gasteiger partial charge is 0.340 e. The molecule has 0 fully saturated rings. The Morgan fingerprint density at radius 2 is 2.16 bits per heavy atom. The van der Waals surface area contributed by atoms with E-state index >= 15 is 0 Å². The topological polar surface area (TPSA) is 87.7 Å². The van der Waals surface area contributed by atoms with Gasteiger partial charge in [0.05, 0.1) is 18.1 Å². The van der Waals surface area contributed by atoms with Gasteiger partial charge in [0.1, 0.15) is 6.54 Å². The van der Waals surface area contributed by atoms with Crippen molar-refractivity contribution < 1.29 is 18.0 Å². The quantitative estimate of drug-likeness (QED) is 0.795. The molecule has 1 aromatic carbocycles. The molecule has 1 heterocycles. The number of alkyl halides is 3. The van der Waals surface area contributed by atoms with Gasteiger partial charge in [-0.3, -0.25) is 4.79 Å². The average molecular weight is 352 g/mol. The Bertz CT molecular complexity index is 780. The Labute approximate surface area is 141 Å². The molecule has 1 aromatic heterocycles. The number of carbonyl (C=O) groups is 1. The highest BCUT2D eigenvalue weighted by atomic mass is 19.4. The molecule has 1 amide bonds. The fraction of sp³-hybridized carbons (Fsp3) is 0.400. The summed E-state index contributed by atoms with van der Waals surface area (Å²) < 4.78 is 38.3. The molecule has 0 radical (unpaired) electrons. The van der Waals surface area contributed by atoms with Crippen molar-refractivity contribution in [3.05, 3.63) is 29.8 Å². The van der Waals surface area contributed by atoms with E-state index in [0.29, 0.717) is 13.1 Å². The normalized spacial score (nSPS) is 11.2. The van der Waals surface area contributed by atoms with Gasteiger partial charge in [-0.2, -0.15) is 23.2 Å². The number of halogens is 3. The third-order valence-corrected chi connectivity index (χ3v) is 3.41. The second-order valence-electron chi connectivity index (χ2n) is 5.10. The van der Waals surface area contributed by atoms with Crippen LogP contribution in [0.1, 0.15) is 18.9 Å². The number of hydrogen-bond acceptors (Lipinski definition) is 5. The number of likely N-dealkylation sites (N-methyl/N-ethyl adjacent to an activating group) is 1. The molecule has 7 nitrogen and oxygen atoms in total. The van der Waals surface area contributed by atoms with Crippen LogP contribution in [-0.4, -0.2) is 44.1 Å². The molecule has 10 heteroatoms. The minimum atomic E-state index is -4.47. The summed E-state index contributed by atoms with van der Waals surface area (Å²) >= 11 is 0. The predicted molar refractivity (Wildman–Crippen MR) is 80.7 cm³/mol. The molecular formula is C15H15F3N6O. The summed E-state index contributed by atoms with van der Waals surface area (Å²) in [5.41, 5.74) is -0.656. The first-order valence-electron chi connectivity index (χ1n) is 7.45. The van der Waals surface area contributed by atoms with Crippen molar-refractivity contribution in [3.63, 3.8) is 0 Å². The molecule has 0 bridgehead atoms. The van der Waals surface area contributed by atoms with E-state index in [1.807, 2.05) is 6.07 Å². The Morgan fingerprint density at radius 3 is 2.80 bits per heavy atom. The van der Waals surface area contributed by atoms with E-state index in [0.717, 1.165) is 16.9 Å². The van der Waals surface area contributed by atoms with Gasteiger partial charge in [-0.1, -0.05) is 12.1 Å². The highest BCUT2D eigenvalue weighted by Gasteiger charge is 2.30. The van der Waals surface area contributed by atoms with Gasteiger partial charge in [-0.25, -0.2) is 0 Å². The molecule has 0 atom stereocenters. The molecule has 2 rings (SSSR count). The summed E-state index contributed by atoms with van der Waals surface area (Å²) in [6.45, 7) is 2.29. The van der Waals surface area contributed by atoms with E-state index in [1.165, 1.54) is 17.0 Å². The minimum Gasteiger partial charge on any atom is -0.340 e. The van der Waals surface area contributed by atoms with Crippen LogP contribution in [-0.2, 0) is 17.5 Å². The number of hydrogen-bond donors (Lipinski definition) is 0. The monoisotopic (exact) mass is 352 g/mol. The van der Waals surface area contributed by atoms with Crippen LogP contribution < -0.4 is 0 Å². The summed E-state index contributed by atoms with van der Waals surface area (Å²) in [5.74, 6) is -0.301. The second kappa shape index (κ2) is 7.74. The summed E-state index contributed by atoms with van der Waals surface area (Å²) in [7, 11) is 0. The lowest BCUT2D eigenvalue weighted by Gasteiger charge is -2.18. The van der Waals surface area contributed by atoms with E-state index in [4.69, 9.17) is 5.26 Å². The molecule has 25 heavy (non-hydrogen) atoms. The molecule has 0 saturated carbocycles. The Balaban J connectivity index is 2.12. The van der Waals surface area contributed by atoms with E-state index in [9.17, 15) is 18.0 Å². The molecule has 0 aliphatic heterocycles. The summed E-state index contributed by atoms with van der Waals surface area (Å²) in [4.78, 5) is 14.6. The van der Waals surface area contributed by atoms with Crippen LogP contribution >= 0.6 is 0 Å². The van der Waals surface area contributed by atoms with Gasteiger partial charge in [-0.05, 0) is 24.3 Å². The number of amides is 1. The maximum absolute atomic E-state index is 12.8. The third kappa shape index (κ3) is 4.76. The fourth-order valence-electron chi connectivity index (χ4n) is 2.13. The number of aromatic nitrogens is 4. The first-order chi connectivity index (χ1) is 11.8. The number of nitrogens with zero attached hydrogens (tertiary/aromatic N) is 6. The van der Waals surface area contributed by atoms with Crippen molar-refractivity contribution in [1.29, 1.82) is 5.26 Å². The van der Waals surface area contributed by atoms with Gasteiger partial charge in [0.2, 0.25) is 11.7 Å². The molecule has 0 saturated heterocycles. The van der Waals surface area contributed by atoms with Crippen LogP contribution in [0.25, 0.3) is 11.4 Å². The predicted octanol–water partition coefficient (Wildman–Crippen LogP) is 2.12. The van der Waals surface area contributed by atoms with Crippen molar-refractivity contribution in [2.75, 3.05) is 13.1 Å². The zero-order valence-electron chi connectivity index (χ0n) is 13.4. The van der Waals surface area contributed by atoms with Crippen molar-refractivity contribution in [1.82, 2.24) is 25.1 Å². The Hall–Kier alpha value is -2.96. The van der Waals surface area contributed by atoms with E-state index in [1.54, 1.807) is 6.92 Å². The molecule has 0 spiro atoms. The molecule has 0 aliphatic carbocycles. The van der Waals surface area contributed by atoms with E-state index in [-0.39, 0.29) is 30.3 Å². The highest BCUT2D eigenvalue weighted by molar-refractivity contribution is 5.75. The zero-order valence-corrected chi connectivity index (χ0v) is 13.4. The first kappa shape index (κ1) is 18.4. The third-order valence-electron chi connectivity index (χ3n) is 3.41. The van der Waals surface area contributed by atoms with Crippen LogP contribution in [0.5, 0.6) is 0 Å². The van der Waals surface area contributed by atoms with Crippen LogP contribution in [0.2, 0.25) is 0 Å².